The molecule has 2 aromatic carbocycles. The van der Waals surface area contributed by atoms with Gasteiger partial charge in [0.1, 0.15) is 5.82 Å². The van der Waals surface area contributed by atoms with Crippen LogP contribution in [0.1, 0.15) is 36.4 Å². The highest BCUT2D eigenvalue weighted by molar-refractivity contribution is 7.89. The van der Waals surface area contributed by atoms with Crippen LogP contribution in [0.15, 0.2) is 53.4 Å². The van der Waals surface area contributed by atoms with Gasteiger partial charge in [-0.1, -0.05) is 18.2 Å². The number of carbonyl (C=O) groups is 1. The zero-order valence-electron chi connectivity index (χ0n) is 16.3. The van der Waals surface area contributed by atoms with Gasteiger partial charge in [0.2, 0.25) is 10.0 Å². The summed E-state index contributed by atoms with van der Waals surface area (Å²) in [6.45, 7) is 0.624. The van der Waals surface area contributed by atoms with Gasteiger partial charge >= 0.3 is 5.97 Å². The molecular formula is C22H23FN2O4S. The van der Waals surface area contributed by atoms with E-state index >= 15 is 0 Å². The molecule has 0 fully saturated rings. The van der Waals surface area contributed by atoms with Gasteiger partial charge < -0.3 is 9.67 Å². The molecule has 0 bridgehead atoms. The molecule has 6 nitrogen and oxygen atoms in total. The monoisotopic (exact) mass is 430 g/mol. The van der Waals surface area contributed by atoms with E-state index in [1.165, 1.54) is 12.1 Å². The minimum atomic E-state index is -3.75. The van der Waals surface area contributed by atoms with Crippen LogP contribution in [-0.4, -0.2) is 30.6 Å². The van der Waals surface area contributed by atoms with E-state index in [2.05, 4.69) is 9.29 Å². The molecule has 4 rings (SSSR count). The predicted octanol–water partition coefficient (Wildman–Crippen LogP) is 3.65. The minimum absolute atomic E-state index is 0.0139. The molecule has 1 atom stereocenters. The molecule has 1 unspecified atom stereocenters. The van der Waals surface area contributed by atoms with Gasteiger partial charge in [0.15, 0.2) is 0 Å². The van der Waals surface area contributed by atoms with E-state index < -0.39 is 21.8 Å². The second-order valence-corrected chi connectivity index (χ2v) is 9.33. The molecule has 1 aliphatic rings. The summed E-state index contributed by atoms with van der Waals surface area (Å²) in [5, 5.41) is 10.2. The third kappa shape index (κ3) is 3.97. The standard InChI is InChI=1S/C22H23FN2O4S/c23-16-8-10-17(11-9-16)30(28,29)24-14-15-4-3-7-20-22(15)18-5-1-2-6-19(18)25(20)13-12-21(26)27/h1-2,5-6,8-11,15,24H,3-4,7,12-14H2,(H,26,27). The van der Waals surface area contributed by atoms with Crippen LogP contribution in [0.4, 0.5) is 4.39 Å². The molecule has 0 saturated carbocycles. The molecule has 0 aliphatic heterocycles. The van der Waals surface area contributed by atoms with Crippen molar-refractivity contribution < 1.29 is 22.7 Å². The van der Waals surface area contributed by atoms with Crippen molar-refractivity contribution in [2.24, 2.45) is 0 Å². The normalized spacial score (nSPS) is 16.5. The van der Waals surface area contributed by atoms with Crippen LogP contribution in [0, 0.1) is 5.82 Å². The van der Waals surface area contributed by atoms with Gasteiger partial charge in [-0.15, -0.1) is 0 Å². The maximum atomic E-state index is 13.1. The first kappa shape index (κ1) is 20.6. The van der Waals surface area contributed by atoms with Gasteiger partial charge in [-0.05, 0) is 61.1 Å². The van der Waals surface area contributed by atoms with Gasteiger partial charge in [0.25, 0.3) is 0 Å². The highest BCUT2D eigenvalue weighted by Gasteiger charge is 2.28. The molecule has 0 amide bonds. The summed E-state index contributed by atoms with van der Waals surface area (Å²) in [6.07, 6.45) is 2.61. The van der Waals surface area contributed by atoms with Gasteiger partial charge in [0.05, 0.1) is 11.3 Å². The Labute approximate surface area is 174 Å². The smallest absolute Gasteiger partial charge is 0.305 e. The minimum Gasteiger partial charge on any atom is -0.481 e. The van der Waals surface area contributed by atoms with Crippen molar-refractivity contribution in [1.82, 2.24) is 9.29 Å². The Hall–Kier alpha value is -2.71. The maximum Gasteiger partial charge on any atom is 0.305 e. The quantitative estimate of drug-likeness (QED) is 0.599. The molecule has 0 radical (unpaired) electrons. The average molecular weight is 431 g/mol. The van der Waals surface area contributed by atoms with Crippen LogP contribution in [0.25, 0.3) is 10.9 Å². The fourth-order valence-corrected chi connectivity index (χ4v) is 5.42. The number of carboxylic acid groups (broad SMARTS) is 1. The lowest BCUT2D eigenvalue weighted by molar-refractivity contribution is -0.137. The summed E-state index contributed by atoms with van der Waals surface area (Å²) in [5.74, 6) is -1.35. The average Bonchev–Trinajstić information content (AvgIpc) is 3.05. The Morgan fingerprint density at radius 3 is 2.63 bits per heavy atom. The van der Waals surface area contributed by atoms with Crippen LogP contribution in [-0.2, 0) is 27.8 Å². The zero-order valence-corrected chi connectivity index (χ0v) is 17.2. The van der Waals surface area contributed by atoms with Crippen molar-refractivity contribution in [3.63, 3.8) is 0 Å². The van der Waals surface area contributed by atoms with Crippen molar-refractivity contribution in [2.75, 3.05) is 6.54 Å². The van der Waals surface area contributed by atoms with Crippen LogP contribution >= 0.6 is 0 Å². The van der Waals surface area contributed by atoms with E-state index in [9.17, 15) is 17.6 Å². The third-order valence-corrected chi connectivity index (χ3v) is 7.13. The van der Waals surface area contributed by atoms with Gasteiger partial charge in [-0.3, -0.25) is 4.79 Å². The van der Waals surface area contributed by atoms with Crippen molar-refractivity contribution in [3.8, 4) is 0 Å². The summed E-state index contributed by atoms with van der Waals surface area (Å²) in [4.78, 5) is 11.1. The fraction of sp³-hybridized carbons (Fsp3) is 0.318. The number of benzene rings is 2. The molecule has 0 spiro atoms. The third-order valence-electron chi connectivity index (χ3n) is 5.69. The van der Waals surface area contributed by atoms with Crippen molar-refractivity contribution in [2.45, 2.75) is 43.0 Å². The lowest BCUT2D eigenvalue weighted by Gasteiger charge is -2.25. The number of aliphatic carboxylic acids is 1. The zero-order chi connectivity index (χ0) is 21.3. The van der Waals surface area contributed by atoms with Crippen molar-refractivity contribution >= 4 is 26.9 Å². The summed E-state index contributed by atoms with van der Waals surface area (Å²) < 4.78 is 43.2. The summed E-state index contributed by atoms with van der Waals surface area (Å²) >= 11 is 0. The number of hydrogen-bond acceptors (Lipinski definition) is 3. The Kier molecular flexibility index (Phi) is 5.62. The number of aryl methyl sites for hydroxylation is 1. The second kappa shape index (κ2) is 8.20. The van der Waals surface area contributed by atoms with Crippen LogP contribution < -0.4 is 4.72 Å². The highest BCUT2D eigenvalue weighted by atomic mass is 32.2. The number of hydrogen-bond donors (Lipinski definition) is 2. The number of nitrogens with one attached hydrogen (secondary N) is 1. The highest BCUT2D eigenvalue weighted by Crippen LogP contribution is 2.39. The number of sulfonamides is 1. The maximum absolute atomic E-state index is 13.1. The Bertz CT molecular complexity index is 1190. The SMILES string of the molecule is O=C(O)CCn1c2c(c3ccccc31)C(CNS(=O)(=O)c1ccc(F)cc1)CCC2. The lowest BCUT2D eigenvalue weighted by Crippen LogP contribution is -2.30. The number of halogens is 1. The Morgan fingerprint density at radius 1 is 1.17 bits per heavy atom. The van der Waals surface area contributed by atoms with E-state index in [1.54, 1.807) is 0 Å². The lowest BCUT2D eigenvalue weighted by atomic mass is 9.85. The molecule has 1 aliphatic carbocycles. The van der Waals surface area contributed by atoms with E-state index in [-0.39, 0.29) is 23.8 Å². The number of aromatic nitrogens is 1. The topological polar surface area (TPSA) is 88.4 Å². The largest absolute Gasteiger partial charge is 0.481 e. The molecule has 3 aromatic rings. The summed E-state index contributed by atoms with van der Waals surface area (Å²) in [7, 11) is -3.75. The second-order valence-electron chi connectivity index (χ2n) is 7.57. The van der Waals surface area contributed by atoms with Gasteiger partial charge in [-0.2, -0.15) is 0 Å². The number of carboxylic acids is 1. The number of nitrogens with zero attached hydrogens (tertiary/aromatic N) is 1. The molecule has 0 saturated heterocycles. The first-order valence-electron chi connectivity index (χ1n) is 9.94. The van der Waals surface area contributed by atoms with Crippen LogP contribution in [0.5, 0.6) is 0 Å². The molecular weight excluding hydrogens is 407 g/mol. The number of fused-ring (bicyclic) bond motifs is 3. The summed E-state index contributed by atoms with van der Waals surface area (Å²) in [5.41, 5.74) is 3.18. The first-order valence-corrected chi connectivity index (χ1v) is 11.4. The molecule has 2 N–H and O–H groups in total. The number of para-hydroxylation sites is 1. The fourth-order valence-electron chi connectivity index (χ4n) is 4.34. The molecule has 158 valence electrons. The van der Waals surface area contributed by atoms with Crippen LogP contribution in [0.3, 0.4) is 0 Å². The first-order chi connectivity index (χ1) is 14.4. The van der Waals surface area contributed by atoms with Crippen molar-refractivity contribution in [3.05, 3.63) is 65.6 Å². The number of rotatable bonds is 7. The summed E-state index contributed by atoms with van der Waals surface area (Å²) in [6, 6.07) is 12.6. The van der Waals surface area contributed by atoms with E-state index in [0.717, 1.165) is 53.6 Å². The molecule has 1 heterocycles. The molecule has 8 heteroatoms. The molecule has 30 heavy (non-hydrogen) atoms. The predicted molar refractivity (Wildman–Crippen MR) is 111 cm³/mol. The van der Waals surface area contributed by atoms with Crippen LogP contribution in [0.2, 0.25) is 0 Å². The van der Waals surface area contributed by atoms with Crippen molar-refractivity contribution in [1.29, 1.82) is 0 Å². The van der Waals surface area contributed by atoms with E-state index in [1.807, 2.05) is 24.3 Å². The van der Waals surface area contributed by atoms with Gasteiger partial charge in [-0.25, -0.2) is 17.5 Å². The van der Waals surface area contributed by atoms with Gasteiger partial charge in [0, 0.05) is 29.7 Å². The van der Waals surface area contributed by atoms with E-state index in [4.69, 9.17) is 5.11 Å². The molecule has 1 aromatic heterocycles. The van der Waals surface area contributed by atoms with E-state index in [0.29, 0.717) is 6.54 Å². The Morgan fingerprint density at radius 2 is 1.90 bits per heavy atom. The Balaban J connectivity index is 1.64.